The molecule has 0 aromatic carbocycles. The Morgan fingerprint density at radius 3 is 0.852 bits per heavy atom. The summed E-state index contributed by atoms with van der Waals surface area (Å²) in [5.74, 6) is 2.77. The third kappa shape index (κ3) is 7.51. The monoisotopic (exact) mass is 436 g/mol. The predicted octanol–water partition coefficient (Wildman–Crippen LogP) is 5.17. The molecule has 136 valence electrons. The van der Waals surface area contributed by atoms with Crippen molar-refractivity contribution in [2.75, 3.05) is 0 Å². The third-order valence-corrected chi connectivity index (χ3v) is 4.45. The molecule has 4 fully saturated rings. The van der Waals surface area contributed by atoms with Gasteiger partial charge in [-0.15, -0.1) is 0 Å². The second-order valence-corrected chi connectivity index (χ2v) is 6.65. The first-order valence-electron chi connectivity index (χ1n) is 8.74. The molecule has 0 saturated heterocycles. The zero-order valence-corrected chi connectivity index (χ0v) is 17.8. The van der Waals surface area contributed by atoms with Crippen LogP contribution in [0.2, 0.25) is 0 Å². The molecule has 0 atom stereocenters. The smallest absolute Gasteiger partial charge is 0.0523 e. The Morgan fingerprint density at radius 1 is 0.407 bits per heavy atom. The van der Waals surface area contributed by atoms with Crippen LogP contribution in [0.3, 0.4) is 0 Å². The summed E-state index contributed by atoms with van der Waals surface area (Å²) < 4.78 is 0. The van der Waals surface area contributed by atoms with Crippen LogP contribution in [-0.4, -0.2) is 0 Å². The molecule has 0 N–H and O–H groups in total. The van der Waals surface area contributed by atoms with Gasteiger partial charge >= 0.3 is 34.1 Å². The molecular formula is C25H24Fe2+4. The fraction of sp³-hybridized carbons (Fsp3) is 0.120. The topological polar surface area (TPSA) is 0 Å². The van der Waals surface area contributed by atoms with E-state index in [-0.39, 0.29) is 39.6 Å². The summed E-state index contributed by atoms with van der Waals surface area (Å²) in [7, 11) is 0. The maximum atomic E-state index is 2.30. The largest absolute Gasteiger partial charge is 2.00 e. The van der Waals surface area contributed by atoms with Crippen molar-refractivity contribution < 1.29 is 34.1 Å². The number of hydrogen-bond donors (Lipinski definition) is 0. The number of allylic oxidation sites excluding steroid dienone is 2. The number of rotatable bonds is 2. The van der Waals surface area contributed by atoms with Crippen molar-refractivity contribution in [2.45, 2.75) is 13.8 Å². The summed E-state index contributed by atoms with van der Waals surface area (Å²) in [6.07, 6.45) is 37.2. The standard InChI is InChI=1S/C15H14.2C5H5.2Fe/c1-15(2)13(11-7-3-4-8-11)14(15)12-9-5-6-10-12;2*1-2-4-5-3-1;;/h3-10H,1-2H3;2*1-5H;;/q;;;2*+2. The summed E-state index contributed by atoms with van der Waals surface area (Å²) in [6, 6.07) is 0. The molecule has 5 aliphatic carbocycles. The summed E-state index contributed by atoms with van der Waals surface area (Å²) >= 11 is 0. The third-order valence-electron chi connectivity index (χ3n) is 4.45. The maximum absolute atomic E-state index is 2.30. The SMILES string of the molecule is CC1(C)C([C]2[CH][CH][CH][CH]2)=C1[C]1[CH][CH][CH][CH]1.[CH]1[CH][CH][CH][CH]1.[CH]1[CH][CH][CH][CH]1.[Fe+2].[Fe+2]. The Balaban J connectivity index is 0.000000253. The van der Waals surface area contributed by atoms with Crippen molar-refractivity contribution in [2.24, 2.45) is 5.41 Å². The zero-order valence-electron chi connectivity index (χ0n) is 15.6. The first-order valence-corrected chi connectivity index (χ1v) is 8.74. The van der Waals surface area contributed by atoms with Gasteiger partial charge in [-0.05, 0) is 116 Å². The quantitative estimate of drug-likeness (QED) is 0.524. The van der Waals surface area contributed by atoms with E-state index < -0.39 is 0 Å². The molecule has 0 aromatic rings. The van der Waals surface area contributed by atoms with Gasteiger partial charge in [-0.2, -0.15) is 0 Å². The van der Waals surface area contributed by atoms with Crippen molar-refractivity contribution in [3.05, 3.63) is 139 Å². The van der Waals surface area contributed by atoms with E-state index >= 15 is 0 Å². The van der Waals surface area contributed by atoms with E-state index in [2.05, 4.69) is 65.2 Å². The van der Waals surface area contributed by atoms with Gasteiger partial charge in [0, 0.05) is 17.3 Å². The molecule has 0 heterocycles. The Bertz CT molecular complexity index is 364. The fourth-order valence-electron chi connectivity index (χ4n) is 3.20. The van der Waals surface area contributed by atoms with Gasteiger partial charge in [0.2, 0.25) is 0 Å². The molecule has 20 radical (unpaired) electrons. The van der Waals surface area contributed by atoms with Crippen LogP contribution >= 0.6 is 0 Å². The zero-order chi connectivity index (χ0) is 17.5. The normalized spacial score (nSPS) is 26.4. The van der Waals surface area contributed by atoms with Crippen LogP contribution in [0.25, 0.3) is 0 Å². The van der Waals surface area contributed by atoms with Gasteiger partial charge in [0.25, 0.3) is 0 Å². The molecule has 0 bridgehead atoms. The molecular weight excluding hydrogens is 412 g/mol. The van der Waals surface area contributed by atoms with Crippen molar-refractivity contribution in [3.8, 4) is 0 Å². The average molecular weight is 436 g/mol. The second kappa shape index (κ2) is 13.2. The van der Waals surface area contributed by atoms with Crippen LogP contribution in [0.5, 0.6) is 0 Å². The Hall–Kier alpha value is 0.779. The van der Waals surface area contributed by atoms with Crippen molar-refractivity contribution in [1.29, 1.82) is 0 Å². The van der Waals surface area contributed by atoms with Crippen LogP contribution < -0.4 is 0 Å². The van der Waals surface area contributed by atoms with Gasteiger partial charge in [0.1, 0.15) is 0 Å². The van der Waals surface area contributed by atoms with E-state index in [1.807, 2.05) is 64.2 Å². The average Bonchev–Trinajstić information content (AvgIpc) is 3.38. The number of hydrogen-bond acceptors (Lipinski definition) is 0. The van der Waals surface area contributed by atoms with Crippen molar-refractivity contribution >= 4 is 0 Å². The van der Waals surface area contributed by atoms with Crippen LogP contribution in [0.15, 0.2) is 11.1 Å². The summed E-state index contributed by atoms with van der Waals surface area (Å²) in [5, 5.41) is 0. The summed E-state index contributed by atoms with van der Waals surface area (Å²) in [5.41, 5.74) is 3.29. The van der Waals surface area contributed by atoms with E-state index in [9.17, 15) is 0 Å². The first kappa shape index (κ1) is 25.8. The minimum absolute atomic E-state index is 0. The van der Waals surface area contributed by atoms with Gasteiger partial charge in [0.05, 0.1) is 0 Å². The fourth-order valence-corrected chi connectivity index (χ4v) is 3.20. The molecule has 0 amide bonds. The molecule has 0 aliphatic heterocycles. The van der Waals surface area contributed by atoms with Crippen LogP contribution in [-0.2, 0) is 34.1 Å². The summed E-state index contributed by atoms with van der Waals surface area (Å²) in [4.78, 5) is 0. The molecule has 5 aliphatic rings. The molecule has 0 nitrogen and oxygen atoms in total. The van der Waals surface area contributed by atoms with Gasteiger partial charge in [-0.1, -0.05) is 25.0 Å². The molecule has 0 aromatic heterocycles. The van der Waals surface area contributed by atoms with Gasteiger partial charge in [-0.25, -0.2) is 0 Å². The Kier molecular flexibility index (Phi) is 12.6. The van der Waals surface area contributed by atoms with Crippen LogP contribution in [0, 0.1) is 133 Å². The van der Waals surface area contributed by atoms with Gasteiger partial charge in [-0.3, -0.25) is 0 Å². The Labute approximate surface area is 191 Å². The molecule has 0 spiro atoms. The Morgan fingerprint density at radius 2 is 0.630 bits per heavy atom. The molecule has 27 heavy (non-hydrogen) atoms. The van der Waals surface area contributed by atoms with Gasteiger partial charge < -0.3 is 0 Å². The maximum Gasteiger partial charge on any atom is 2.00 e. The van der Waals surface area contributed by atoms with Crippen LogP contribution in [0.4, 0.5) is 0 Å². The molecule has 4 saturated carbocycles. The predicted molar refractivity (Wildman–Crippen MR) is 105 cm³/mol. The van der Waals surface area contributed by atoms with E-state index in [0.29, 0.717) is 0 Å². The van der Waals surface area contributed by atoms with E-state index in [1.54, 1.807) is 0 Å². The summed E-state index contributed by atoms with van der Waals surface area (Å²) in [6.45, 7) is 4.61. The second-order valence-electron chi connectivity index (χ2n) is 6.65. The van der Waals surface area contributed by atoms with Crippen molar-refractivity contribution in [3.63, 3.8) is 0 Å². The van der Waals surface area contributed by atoms with Crippen LogP contribution in [0.1, 0.15) is 13.8 Å². The van der Waals surface area contributed by atoms with Crippen molar-refractivity contribution in [1.82, 2.24) is 0 Å². The minimum Gasteiger partial charge on any atom is -0.0523 e. The minimum atomic E-state index is 0. The molecule has 0 unspecified atom stereocenters. The van der Waals surface area contributed by atoms with E-state index in [1.165, 1.54) is 23.0 Å². The first-order chi connectivity index (χ1) is 12.2. The molecule has 5 rings (SSSR count). The van der Waals surface area contributed by atoms with E-state index in [0.717, 1.165) is 0 Å². The van der Waals surface area contributed by atoms with Gasteiger partial charge in [0.15, 0.2) is 0 Å². The van der Waals surface area contributed by atoms with E-state index in [4.69, 9.17) is 0 Å². The molecule has 2 heteroatoms.